The maximum Gasteiger partial charge on any atom is 0.194 e. The summed E-state index contributed by atoms with van der Waals surface area (Å²) in [5.74, 6) is -1.30. The molecular formula is C14H16F3N. The van der Waals surface area contributed by atoms with Gasteiger partial charge in [-0.05, 0) is 37.1 Å². The van der Waals surface area contributed by atoms with Gasteiger partial charge in [0.25, 0.3) is 0 Å². The van der Waals surface area contributed by atoms with Crippen LogP contribution in [0.25, 0.3) is 0 Å². The van der Waals surface area contributed by atoms with Crippen molar-refractivity contribution in [2.45, 2.75) is 32.2 Å². The van der Waals surface area contributed by atoms with Crippen molar-refractivity contribution in [3.63, 3.8) is 0 Å². The van der Waals surface area contributed by atoms with Crippen molar-refractivity contribution in [2.24, 2.45) is 0 Å². The first-order valence-electron chi connectivity index (χ1n) is 5.91. The van der Waals surface area contributed by atoms with E-state index in [4.69, 9.17) is 6.42 Å². The van der Waals surface area contributed by atoms with Gasteiger partial charge >= 0.3 is 0 Å². The van der Waals surface area contributed by atoms with Gasteiger partial charge in [-0.25, -0.2) is 13.2 Å². The Morgan fingerprint density at radius 2 is 1.89 bits per heavy atom. The molecule has 0 aliphatic carbocycles. The van der Waals surface area contributed by atoms with Gasteiger partial charge < -0.3 is 5.32 Å². The van der Waals surface area contributed by atoms with Crippen LogP contribution in [-0.4, -0.2) is 6.54 Å². The van der Waals surface area contributed by atoms with E-state index in [1.807, 2.05) is 6.92 Å². The Hall–Kier alpha value is -1.47. The van der Waals surface area contributed by atoms with Gasteiger partial charge in [-0.3, -0.25) is 0 Å². The number of nitrogens with one attached hydrogen (secondary N) is 1. The van der Waals surface area contributed by atoms with Crippen LogP contribution in [-0.2, 0) is 0 Å². The summed E-state index contributed by atoms with van der Waals surface area (Å²) in [7, 11) is 0. The van der Waals surface area contributed by atoms with E-state index in [0.717, 1.165) is 18.6 Å². The number of halogens is 3. The third-order valence-electron chi connectivity index (χ3n) is 2.63. The largest absolute Gasteiger partial charge is 0.310 e. The molecule has 0 heterocycles. The molecule has 18 heavy (non-hydrogen) atoms. The molecule has 1 rings (SSSR count). The monoisotopic (exact) mass is 255 g/mol. The summed E-state index contributed by atoms with van der Waals surface area (Å²) in [6.07, 6.45) is 7.11. The lowest BCUT2D eigenvalue weighted by Gasteiger charge is -2.18. The first-order valence-corrected chi connectivity index (χ1v) is 5.91. The molecule has 0 fully saturated rings. The standard InChI is InChI=1S/C14H16F3N/c1-3-5-6-13(18-7-4-2)10-8-11(15)14(17)12(16)9-10/h1,8-9,13,18H,4-7H2,2H3. The second-order valence-corrected chi connectivity index (χ2v) is 4.05. The molecular weight excluding hydrogens is 239 g/mol. The van der Waals surface area contributed by atoms with Gasteiger partial charge in [-0.1, -0.05) is 6.92 Å². The molecule has 1 aromatic carbocycles. The van der Waals surface area contributed by atoms with E-state index in [0.29, 0.717) is 24.9 Å². The van der Waals surface area contributed by atoms with Gasteiger partial charge in [0.05, 0.1) is 0 Å². The van der Waals surface area contributed by atoms with Crippen molar-refractivity contribution >= 4 is 0 Å². The second kappa shape index (κ2) is 7.07. The zero-order valence-electron chi connectivity index (χ0n) is 10.3. The highest BCUT2D eigenvalue weighted by molar-refractivity contribution is 5.23. The van der Waals surface area contributed by atoms with Gasteiger partial charge in [0.2, 0.25) is 0 Å². The van der Waals surface area contributed by atoms with Crippen LogP contribution in [0.1, 0.15) is 37.8 Å². The zero-order valence-corrected chi connectivity index (χ0v) is 10.3. The second-order valence-electron chi connectivity index (χ2n) is 4.05. The summed E-state index contributed by atoms with van der Waals surface area (Å²) in [6.45, 7) is 2.69. The molecule has 0 aromatic heterocycles. The number of rotatable bonds is 6. The molecule has 1 N–H and O–H groups in total. The molecule has 1 aromatic rings. The normalized spacial score (nSPS) is 12.2. The highest BCUT2D eigenvalue weighted by Gasteiger charge is 2.16. The number of hydrogen-bond donors (Lipinski definition) is 1. The third-order valence-corrected chi connectivity index (χ3v) is 2.63. The molecule has 0 spiro atoms. The van der Waals surface area contributed by atoms with Gasteiger partial charge in [-0.2, -0.15) is 0 Å². The fraction of sp³-hybridized carbons (Fsp3) is 0.429. The molecule has 1 nitrogen and oxygen atoms in total. The molecule has 0 amide bonds. The van der Waals surface area contributed by atoms with Gasteiger partial charge in [0, 0.05) is 12.5 Å². The molecule has 1 atom stereocenters. The average molecular weight is 255 g/mol. The van der Waals surface area contributed by atoms with E-state index in [1.54, 1.807) is 0 Å². The van der Waals surface area contributed by atoms with Crippen LogP contribution in [0.2, 0.25) is 0 Å². The Bertz CT molecular complexity index is 414. The molecule has 0 aliphatic rings. The third kappa shape index (κ3) is 3.78. The van der Waals surface area contributed by atoms with Crippen molar-refractivity contribution in [1.29, 1.82) is 0 Å². The predicted molar refractivity (Wildman–Crippen MR) is 65.4 cm³/mol. The fourth-order valence-corrected chi connectivity index (χ4v) is 1.71. The molecule has 4 heteroatoms. The van der Waals surface area contributed by atoms with Crippen LogP contribution in [0, 0.1) is 29.8 Å². The zero-order chi connectivity index (χ0) is 13.5. The maximum atomic E-state index is 13.2. The SMILES string of the molecule is C#CCCC(NCCC)c1cc(F)c(F)c(F)c1. The highest BCUT2D eigenvalue weighted by atomic mass is 19.2. The molecule has 1 unspecified atom stereocenters. The van der Waals surface area contributed by atoms with E-state index in [9.17, 15) is 13.2 Å². The van der Waals surface area contributed by atoms with Crippen LogP contribution in [0.3, 0.4) is 0 Å². The van der Waals surface area contributed by atoms with Crippen molar-refractivity contribution in [3.8, 4) is 12.3 Å². The number of benzene rings is 1. The topological polar surface area (TPSA) is 12.0 Å². The van der Waals surface area contributed by atoms with Gasteiger partial charge in [-0.15, -0.1) is 12.3 Å². The molecule has 0 aliphatic heterocycles. The Morgan fingerprint density at radius 3 is 2.39 bits per heavy atom. The van der Waals surface area contributed by atoms with Gasteiger partial charge in [0.15, 0.2) is 17.5 Å². The smallest absolute Gasteiger partial charge is 0.194 e. The van der Waals surface area contributed by atoms with Crippen LogP contribution < -0.4 is 5.32 Å². The molecule has 98 valence electrons. The predicted octanol–water partition coefficient (Wildman–Crippen LogP) is 3.56. The van der Waals surface area contributed by atoms with Crippen LogP contribution in [0.4, 0.5) is 13.2 Å². The fourth-order valence-electron chi connectivity index (χ4n) is 1.71. The minimum Gasteiger partial charge on any atom is -0.310 e. The minimum absolute atomic E-state index is 0.259. The summed E-state index contributed by atoms with van der Waals surface area (Å²) in [4.78, 5) is 0. The van der Waals surface area contributed by atoms with Crippen molar-refractivity contribution in [3.05, 3.63) is 35.1 Å². The van der Waals surface area contributed by atoms with Crippen molar-refractivity contribution in [2.75, 3.05) is 6.54 Å². The molecule has 0 saturated carbocycles. The minimum atomic E-state index is -1.44. The Labute approximate surface area is 105 Å². The van der Waals surface area contributed by atoms with E-state index in [2.05, 4.69) is 11.2 Å². The summed E-state index contributed by atoms with van der Waals surface area (Å²) < 4.78 is 39.2. The lowest BCUT2D eigenvalue weighted by Crippen LogP contribution is -2.22. The average Bonchev–Trinajstić information content (AvgIpc) is 2.35. The van der Waals surface area contributed by atoms with Crippen molar-refractivity contribution in [1.82, 2.24) is 5.32 Å². The number of hydrogen-bond acceptors (Lipinski definition) is 1. The van der Waals surface area contributed by atoms with E-state index >= 15 is 0 Å². The Morgan fingerprint density at radius 1 is 1.28 bits per heavy atom. The summed E-state index contributed by atoms with van der Waals surface area (Å²) in [5.41, 5.74) is 0.384. The van der Waals surface area contributed by atoms with E-state index < -0.39 is 17.5 Å². The maximum absolute atomic E-state index is 13.2. The highest BCUT2D eigenvalue weighted by Crippen LogP contribution is 2.22. The molecule has 0 bridgehead atoms. The van der Waals surface area contributed by atoms with Crippen LogP contribution >= 0.6 is 0 Å². The molecule has 0 saturated heterocycles. The summed E-state index contributed by atoms with van der Waals surface area (Å²) in [6, 6.07) is 1.77. The number of terminal acetylenes is 1. The van der Waals surface area contributed by atoms with Crippen molar-refractivity contribution < 1.29 is 13.2 Å². The molecule has 0 radical (unpaired) electrons. The Kier molecular flexibility index (Phi) is 5.73. The first kappa shape index (κ1) is 14.6. The van der Waals surface area contributed by atoms with Gasteiger partial charge in [0.1, 0.15) is 0 Å². The lowest BCUT2D eigenvalue weighted by molar-refractivity contribution is 0.436. The first-order chi connectivity index (χ1) is 8.60. The quantitative estimate of drug-likeness (QED) is 0.605. The van der Waals surface area contributed by atoms with Crippen LogP contribution in [0.5, 0.6) is 0 Å². The summed E-state index contributed by atoms with van der Waals surface area (Å²) in [5, 5.41) is 3.14. The van der Waals surface area contributed by atoms with Crippen LogP contribution in [0.15, 0.2) is 12.1 Å². The Balaban J connectivity index is 2.93. The lowest BCUT2D eigenvalue weighted by atomic mass is 10.0. The van der Waals surface area contributed by atoms with E-state index in [-0.39, 0.29) is 6.04 Å². The summed E-state index contributed by atoms with van der Waals surface area (Å²) >= 11 is 0. The van der Waals surface area contributed by atoms with E-state index in [1.165, 1.54) is 0 Å².